The van der Waals surface area contributed by atoms with Gasteiger partial charge in [0.25, 0.3) is 0 Å². The summed E-state index contributed by atoms with van der Waals surface area (Å²) < 4.78 is 9.71. The number of aromatic nitrogens is 4. The Labute approximate surface area is 103 Å². The summed E-state index contributed by atoms with van der Waals surface area (Å²) in [5, 5.41) is 0. The Balaban J connectivity index is 2.34. The topological polar surface area (TPSA) is 87.1 Å². The van der Waals surface area contributed by atoms with Crippen LogP contribution in [-0.4, -0.2) is 39.9 Å². The van der Waals surface area contributed by atoms with Crippen molar-refractivity contribution in [1.29, 1.82) is 0 Å². The molecule has 0 bridgehead atoms. The zero-order chi connectivity index (χ0) is 13.0. The van der Waals surface area contributed by atoms with Gasteiger partial charge in [-0.15, -0.1) is 0 Å². The van der Waals surface area contributed by atoms with Gasteiger partial charge in [-0.2, -0.15) is 9.97 Å². The quantitative estimate of drug-likeness (QED) is 0.726. The third-order valence-electron chi connectivity index (χ3n) is 2.10. The van der Waals surface area contributed by atoms with Crippen molar-refractivity contribution in [3.8, 4) is 12.0 Å². The minimum Gasteiger partial charge on any atom is -0.467 e. The van der Waals surface area contributed by atoms with Gasteiger partial charge in [-0.1, -0.05) is 0 Å². The minimum atomic E-state index is -0.351. The lowest BCUT2D eigenvalue weighted by Gasteiger charge is -2.02. The fourth-order valence-electron chi connectivity index (χ4n) is 1.26. The average Bonchev–Trinajstić information content (AvgIpc) is 2.46. The van der Waals surface area contributed by atoms with E-state index in [1.807, 2.05) is 0 Å². The summed E-state index contributed by atoms with van der Waals surface area (Å²) in [5.74, 6) is -0.351. The molecule has 0 aromatic carbocycles. The van der Waals surface area contributed by atoms with E-state index in [-0.39, 0.29) is 29.2 Å². The normalized spacial score (nSPS) is 9.89. The average molecular weight is 246 g/mol. The molecule has 0 amide bonds. The highest BCUT2D eigenvalue weighted by molar-refractivity contribution is 6.06. The number of nitrogens with zero attached hydrogens (tertiary/aromatic N) is 4. The van der Waals surface area contributed by atoms with E-state index < -0.39 is 0 Å². The Hall–Kier alpha value is -2.57. The van der Waals surface area contributed by atoms with Crippen LogP contribution in [0.3, 0.4) is 0 Å². The molecule has 0 saturated heterocycles. The minimum absolute atomic E-state index is 0.127. The number of hydrogen-bond acceptors (Lipinski definition) is 7. The SMILES string of the molecule is COc1nccc(C(=O)c2ccnc(OC)n2)n1. The first kappa shape index (κ1) is 11.9. The van der Waals surface area contributed by atoms with E-state index in [1.165, 1.54) is 38.7 Å². The molecule has 0 spiro atoms. The van der Waals surface area contributed by atoms with Crippen molar-refractivity contribution in [1.82, 2.24) is 19.9 Å². The van der Waals surface area contributed by atoms with E-state index in [0.717, 1.165) is 0 Å². The number of ketones is 1. The summed E-state index contributed by atoms with van der Waals surface area (Å²) in [6.45, 7) is 0. The van der Waals surface area contributed by atoms with Crippen LogP contribution in [0.2, 0.25) is 0 Å². The molecule has 92 valence electrons. The van der Waals surface area contributed by atoms with Crippen LogP contribution >= 0.6 is 0 Å². The number of rotatable bonds is 4. The number of methoxy groups -OCH3 is 2. The summed E-state index contributed by atoms with van der Waals surface area (Å²) in [5.41, 5.74) is 0.394. The lowest BCUT2D eigenvalue weighted by molar-refractivity contribution is 0.102. The third kappa shape index (κ3) is 2.40. The molecule has 0 radical (unpaired) electrons. The number of carbonyl (C=O) groups excluding carboxylic acids is 1. The zero-order valence-corrected chi connectivity index (χ0v) is 9.82. The van der Waals surface area contributed by atoms with Gasteiger partial charge in [-0.05, 0) is 12.1 Å². The molecule has 7 nitrogen and oxygen atoms in total. The Kier molecular flexibility index (Phi) is 3.42. The van der Waals surface area contributed by atoms with Crippen LogP contribution < -0.4 is 9.47 Å². The van der Waals surface area contributed by atoms with Gasteiger partial charge in [-0.25, -0.2) is 9.97 Å². The van der Waals surface area contributed by atoms with Crippen LogP contribution in [-0.2, 0) is 0 Å². The summed E-state index contributed by atoms with van der Waals surface area (Å²) in [7, 11) is 2.86. The molecule has 0 aliphatic rings. The van der Waals surface area contributed by atoms with Gasteiger partial charge >= 0.3 is 12.0 Å². The molecule has 2 heterocycles. The molecule has 0 aliphatic carbocycles. The van der Waals surface area contributed by atoms with Gasteiger partial charge in [0.2, 0.25) is 5.78 Å². The third-order valence-corrected chi connectivity index (χ3v) is 2.10. The molecule has 2 rings (SSSR count). The highest BCUT2D eigenvalue weighted by Crippen LogP contribution is 2.09. The summed E-state index contributed by atoms with van der Waals surface area (Å²) in [4.78, 5) is 27.6. The van der Waals surface area contributed by atoms with Gasteiger partial charge in [-0.3, -0.25) is 4.79 Å². The van der Waals surface area contributed by atoms with Crippen molar-refractivity contribution in [2.24, 2.45) is 0 Å². The van der Waals surface area contributed by atoms with E-state index >= 15 is 0 Å². The van der Waals surface area contributed by atoms with Gasteiger partial charge in [0.1, 0.15) is 11.4 Å². The second-order valence-electron chi connectivity index (χ2n) is 3.19. The fourth-order valence-corrected chi connectivity index (χ4v) is 1.26. The second kappa shape index (κ2) is 5.17. The molecule has 18 heavy (non-hydrogen) atoms. The maximum absolute atomic E-state index is 12.1. The van der Waals surface area contributed by atoms with E-state index in [1.54, 1.807) is 0 Å². The number of ether oxygens (including phenoxy) is 2. The van der Waals surface area contributed by atoms with Crippen LogP contribution in [0, 0.1) is 0 Å². The fraction of sp³-hybridized carbons (Fsp3) is 0.182. The molecule has 0 aliphatic heterocycles. The number of carbonyl (C=O) groups is 1. The van der Waals surface area contributed by atoms with Crippen molar-refractivity contribution in [3.05, 3.63) is 35.9 Å². The predicted molar refractivity (Wildman–Crippen MR) is 60.6 cm³/mol. The molecule has 0 fully saturated rings. The Morgan fingerprint density at radius 3 is 1.78 bits per heavy atom. The predicted octanol–water partition coefficient (Wildman–Crippen LogP) is 0.515. The first-order valence-electron chi connectivity index (χ1n) is 5.03. The first-order chi connectivity index (χ1) is 8.74. The highest BCUT2D eigenvalue weighted by Gasteiger charge is 2.14. The van der Waals surface area contributed by atoms with E-state index in [9.17, 15) is 4.79 Å². The second-order valence-corrected chi connectivity index (χ2v) is 3.19. The van der Waals surface area contributed by atoms with Crippen molar-refractivity contribution in [3.63, 3.8) is 0 Å². The first-order valence-corrected chi connectivity index (χ1v) is 5.03. The Morgan fingerprint density at radius 1 is 0.944 bits per heavy atom. The van der Waals surface area contributed by atoms with Gasteiger partial charge in [0.15, 0.2) is 0 Å². The molecular formula is C11H10N4O3. The molecule has 2 aromatic rings. The summed E-state index contributed by atoms with van der Waals surface area (Å²) in [6, 6.07) is 3.22. The molecule has 0 saturated carbocycles. The van der Waals surface area contributed by atoms with Crippen LogP contribution in [0.25, 0.3) is 0 Å². The van der Waals surface area contributed by atoms with Gasteiger partial charge in [0, 0.05) is 12.4 Å². The molecule has 7 heteroatoms. The highest BCUT2D eigenvalue weighted by atomic mass is 16.5. The maximum Gasteiger partial charge on any atom is 0.316 e. The van der Waals surface area contributed by atoms with Crippen LogP contribution in [0.1, 0.15) is 16.2 Å². The molecule has 0 unspecified atom stereocenters. The molecular weight excluding hydrogens is 236 g/mol. The van der Waals surface area contributed by atoms with Crippen molar-refractivity contribution in [2.75, 3.05) is 14.2 Å². The zero-order valence-electron chi connectivity index (χ0n) is 9.82. The summed E-state index contributed by atoms with van der Waals surface area (Å²) in [6.07, 6.45) is 2.88. The number of hydrogen-bond donors (Lipinski definition) is 0. The van der Waals surface area contributed by atoms with Crippen LogP contribution in [0.5, 0.6) is 12.0 Å². The van der Waals surface area contributed by atoms with Gasteiger partial charge < -0.3 is 9.47 Å². The standard InChI is InChI=1S/C11H10N4O3/c1-17-10-12-5-3-7(14-10)9(16)8-4-6-13-11(15-8)18-2/h3-6H,1-2H3. The van der Waals surface area contributed by atoms with Crippen molar-refractivity contribution < 1.29 is 14.3 Å². The van der Waals surface area contributed by atoms with E-state index in [4.69, 9.17) is 9.47 Å². The molecule has 0 N–H and O–H groups in total. The molecule has 2 aromatic heterocycles. The van der Waals surface area contributed by atoms with E-state index in [0.29, 0.717) is 0 Å². The summed E-state index contributed by atoms with van der Waals surface area (Å²) >= 11 is 0. The lowest BCUT2D eigenvalue weighted by Crippen LogP contribution is -2.08. The van der Waals surface area contributed by atoms with Crippen LogP contribution in [0.4, 0.5) is 0 Å². The monoisotopic (exact) mass is 246 g/mol. The maximum atomic E-state index is 12.1. The van der Waals surface area contributed by atoms with Crippen molar-refractivity contribution in [2.45, 2.75) is 0 Å². The lowest BCUT2D eigenvalue weighted by atomic mass is 10.2. The van der Waals surface area contributed by atoms with Crippen LogP contribution in [0.15, 0.2) is 24.5 Å². The van der Waals surface area contributed by atoms with Gasteiger partial charge in [0.05, 0.1) is 14.2 Å². The van der Waals surface area contributed by atoms with E-state index in [2.05, 4.69) is 19.9 Å². The largest absolute Gasteiger partial charge is 0.467 e. The Morgan fingerprint density at radius 2 is 1.39 bits per heavy atom. The molecule has 0 atom stereocenters. The smallest absolute Gasteiger partial charge is 0.316 e. The van der Waals surface area contributed by atoms with Crippen molar-refractivity contribution >= 4 is 5.78 Å². The Bertz CT molecular complexity index is 524.